The lowest BCUT2D eigenvalue weighted by Gasteiger charge is -2.26. The highest BCUT2D eigenvalue weighted by atomic mass is 16.6. The molecule has 1 saturated carbocycles. The molecule has 12 heteroatoms. The lowest BCUT2D eigenvalue weighted by Crippen LogP contribution is -2.54. The molecular formula is C28H36N4O8. The van der Waals surface area contributed by atoms with E-state index in [1.807, 2.05) is 6.08 Å². The molecule has 12 nitrogen and oxygen atoms in total. The second kappa shape index (κ2) is 13.7. The maximum atomic E-state index is 13.4. The van der Waals surface area contributed by atoms with Crippen molar-refractivity contribution in [2.24, 2.45) is 5.92 Å². The number of ether oxygens (including phenoxy) is 2. The van der Waals surface area contributed by atoms with Gasteiger partial charge in [-0.3, -0.25) is 14.9 Å². The van der Waals surface area contributed by atoms with E-state index in [9.17, 15) is 29.3 Å². The maximum Gasteiger partial charge on any atom is 0.338 e. The third-order valence-corrected chi connectivity index (χ3v) is 7.06. The number of carbonyl (C=O) groups is 4. The van der Waals surface area contributed by atoms with Gasteiger partial charge in [-0.05, 0) is 44.7 Å². The molecule has 1 aromatic rings. The molecule has 1 aromatic carbocycles. The van der Waals surface area contributed by atoms with Crippen molar-refractivity contribution in [3.8, 4) is 0 Å². The van der Waals surface area contributed by atoms with Crippen molar-refractivity contribution < 1.29 is 33.6 Å². The Morgan fingerprint density at radius 3 is 2.50 bits per heavy atom. The van der Waals surface area contributed by atoms with E-state index in [-0.39, 0.29) is 36.7 Å². The molecule has 4 atom stereocenters. The summed E-state index contributed by atoms with van der Waals surface area (Å²) in [5.41, 5.74) is -1.31. The number of hydrogen-bond donors (Lipinski definition) is 2. The van der Waals surface area contributed by atoms with Gasteiger partial charge in [0.1, 0.15) is 17.7 Å². The average Bonchev–Trinajstić information content (AvgIpc) is 3.49. The summed E-state index contributed by atoms with van der Waals surface area (Å²) in [6.07, 6.45) is 6.43. The van der Waals surface area contributed by atoms with Crippen LogP contribution in [0.3, 0.4) is 0 Å². The zero-order chi connectivity index (χ0) is 29.3. The highest BCUT2D eigenvalue weighted by Crippen LogP contribution is 2.45. The number of nitro groups is 1. The molecule has 0 aromatic heterocycles. The molecule has 0 radical (unpaired) electrons. The van der Waals surface area contributed by atoms with Crippen LogP contribution in [-0.4, -0.2) is 71.1 Å². The van der Waals surface area contributed by atoms with Crippen LogP contribution < -0.4 is 10.6 Å². The summed E-state index contributed by atoms with van der Waals surface area (Å²) in [7, 11) is 0. The number of urea groups is 1. The van der Waals surface area contributed by atoms with E-state index < -0.39 is 46.5 Å². The minimum Gasteiger partial charge on any atom is -0.464 e. The van der Waals surface area contributed by atoms with E-state index in [1.165, 1.54) is 29.2 Å². The average molecular weight is 557 g/mol. The molecule has 2 fully saturated rings. The predicted molar refractivity (Wildman–Crippen MR) is 145 cm³/mol. The van der Waals surface area contributed by atoms with Crippen molar-refractivity contribution >= 4 is 29.6 Å². The fourth-order valence-corrected chi connectivity index (χ4v) is 4.75. The Kier molecular flexibility index (Phi) is 10.4. The third-order valence-electron chi connectivity index (χ3n) is 7.06. The number of nitrogens with zero attached hydrogens (tertiary/aromatic N) is 2. The predicted octanol–water partition coefficient (Wildman–Crippen LogP) is 3.27. The van der Waals surface area contributed by atoms with Crippen LogP contribution in [0.15, 0.2) is 49.6 Å². The summed E-state index contributed by atoms with van der Waals surface area (Å²) < 4.78 is 10.7. The van der Waals surface area contributed by atoms with Gasteiger partial charge in [0, 0.05) is 31.0 Å². The smallest absolute Gasteiger partial charge is 0.338 e. The quantitative estimate of drug-likeness (QED) is 0.116. The van der Waals surface area contributed by atoms with Crippen LogP contribution in [0.25, 0.3) is 0 Å². The van der Waals surface area contributed by atoms with Crippen LogP contribution in [0.4, 0.5) is 10.5 Å². The van der Waals surface area contributed by atoms with Crippen LogP contribution in [0, 0.1) is 16.0 Å². The monoisotopic (exact) mass is 556 g/mol. The van der Waals surface area contributed by atoms with Crippen molar-refractivity contribution in [1.82, 2.24) is 15.5 Å². The molecule has 2 N–H and O–H groups in total. The Morgan fingerprint density at radius 2 is 1.90 bits per heavy atom. The van der Waals surface area contributed by atoms with Gasteiger partial charge in [0.2, 0.25) is 5.91 Å². The van der Waals surface area contributed by atoms with Gasteiger partial charge < -0.3 is 25.0 Å². The molecule has 1 aliphatic carbocycles. The number of allylic oxidation sites excluding steroid dienone is 1. The number of carbonyl (C=O) groups excluding carboxylic acids is 4. The van der Waals surface area contributed by atoms with Crippen molar-refractivity contribution in [2.45, 2.75) is 63.1 Å². The Balaban J connectivity index is 1.71. The zero-order valence-electron chi connectivity index (χ0n) is 22.6. The van der Waals surface area contributed by atoms with Crippen LogP contribution in [0.5, 0.6) is 0 Å². The summed E-state index contributed by atoms with van der Waals surface area (Å²) in [6.45, 7) is 9.59. The van der Waals surface area contributed by atoms with Gasteiger partial charge in [-0.15, -0.1) is 13.2 Å². The Hall–Kier alpha value is -4.22. The number of nitro benzene ring substituents is 1. The van der Waals surface area contributed by atoms with Gasteiger partial charge in [-0.2, -0.15) is 0 Å². The molecule has 1 heterocycles. The Morgan fingerprint density at radius 1 is 1.18 bits per heavy atom. The first kappa shape index (κ1) is 30.3. The molecule has 3 amide bonds. The molecule has 3 rings (SSSR count). The second-order valence-corrected chi connectivity index (χ2v) is 9.83. The number of benzene rings is 1. The van der Waals surface area contributed by atoms with E-state index in [0.29, 0.717) is 13.0 Å². The van der Waals surface area contributed by atoms with Crippen LogP contribution in [0.1, 0.15) is 55.8 Å². The zero-order valence-corrected chi connectivity index (χ0v) is 22.6. The lowest BCUT2D eigenvalue weighted by molar-refractivity contribution is -0.384. The van der Waals surface area contributed by atoms with Crippen LogP contribution in [-0.2, 0) is 19.1 Å². The first-order chi connectivity index (χ1) is 19.2. The number of non-ortho nitro benzene ring substituents is 1. The lowest BCUT2D eigenvalue weighted by atomic mass is 10.1. The molecule has 40 heavy (non-hydrogen) atoms. The van der Waals surface area contributed by atoms with Crippen molar-refractivity contribution in [1.29, 1.82) is 0 Å². The SMILES string of the molecule is C=CCCCCCNC(=O)N1CC(OC(=O)c2ccc([N+](=O)[O-])cc2)CC1C(=O)NC1(C(=O)OCC)CC1C=C. The highest BCUT2D eigenvalue weighted by Gasteiger charge is 2.62. The fourth-order valence-electron chi connectivity index (χ4n) is 4.75. The standard InChI is InChI=1S/C28H36N4O8/c1-4-7-8-9-10-15-29-27(36)31-18-22(40-25(34)19-11-13-21(14-12-19)32(37)38)16-23(31)24(33)30-28(17-20(28)5-2)26(35)39-6-3/h4-5,11-14,20,22-23H,1-2,6-10,15-18H2,3H3,(H,29,36)(H,30,33). The molecule has 1 aliphatic heterocycles. The summed E-state index contributed by atoms with van der Waals surface area (Å²) in [6, 6.07) is 3.45. The first-order valence-electron chi connectivity index (χ1n) is 13.4. The molecule has 2 aliphatic rings. The Labute approximate surface area is 232 Å². The summed E-state index contributed by atoms with van der Waals surface area (Å²) in [4.78, 5) is 63.5. The van der Waals surface area contributed by atoms with Crippen LogP contribution in [0.2, 0.25) is 0 Å². The number of likely N-dealkylation sites (tertiary alicyclic amines) is 1. The van der Waals surface area contributed by atoms with Gasteiger partial charge in [-0.25, -0.2) is 14.4 Å². The number of nitrogens with one attached hydrogen (secondary N) is 2. The first-order valence-corrected chi connectivity index (χ1v) is 13.4. The number of hydrogen-bond acceptors (Lipinski definition) is 8. The molecule has 0 bridgehead atoms. The minimum atomic E-state index is -1.24. The largest absolute Gasteiger partial charge is 0.464 e. The number of esters is 2. The molecule has 216 valence electrons. The van der Waals surface area contributed by atoms with E-state index in [2.05, 4.69) is 23.8 Å². The third kappa shape index (κ3) is 7.25. The summed E-state index contributed by atoms with van der Waals surface area (Å²) >= 11 is 0. The van der Waals surface area contributed by atoms with E-state index in [1.54, 1.807) is 13.0 Å². The number of amides is 3. The number of unbranched alkanes of at least 4 members (excludes halogenated alkanes) is 3. The second-order valence-electron chi connectivity index (χ2n) is 9.83. The molecular weight excluding hydrogens is 520 g/mol. The van der Waals surface area contributed by atoms with Gasteiger partial charge in [0.25, 0.3) is 5.69 Å². The molecule has 4 unspecified atom stereocenters. The molecule has 0 spiro atoms. The summed E-state index contributed by atoms with van der Waals surface area (Å²) in [5.74, 6) is -2.17. The van der Waals surface area contributed by atoms with Gasteiger partial charge in [-0.1, -0.05) is 18.6 Å². The van der Waals surface area contributed by atoms with E-state index >= 15 is 0 Å². The van der Waals surface area contributed by atoms with Gasteiger partial charge in [0.05, 0.1) is 23.6 Å². The van der Waals surface area contributed by atoms with Crippen LogP contribution >= 0.6 is 0 Å². The van der Waals surface area contributed by atoms with Gasteiger partial charge >= 0.3 is 18.0 Å². The minimum absolute atomic E-state index is 0.00890. The van der Waals surface area contributed by atoms with E-state index in [4.69, 9.17) is 9.47 Å². The normalized spacial score (nSPS) is 23.0. The van der Waals surface area contributed by atoms with E-state index in [0.717, 1.165) is 25.7 Å². The van der Waals surface area contributed by atoms with Gasteiger partial charge in [0.15, 0.2) is 0 Å². The van der Waals surface area contributed by atoms with Crippen molar-refractivity contribution in [2.75, 3.05) is 19.7 Å². The number of rotatable bonds is 14. The van der Waals surface area contributed by atoms with Crippen molar-refractivity contribution in [3.05, 3.63) is 65.3 Å². The summed E-state index contributed by atoms with van der Waals surface area (Å²) in [5, 5.41) is 16.5. The maximum absolute atomic E-state index is 13.4. The topological polar surface area (TPSA) is 157 Å². The van der Waals surface area contributed by atoms with Crippen molar-refractivity contribution in [3.63, 3.8) is 0 Å². The Bertz CT molecular complexity index is 1140. The molecule has 1 saturated heterocycles. The fraction of sp³-hybridized carbons (Fsp3) is 0.500. The highest BCUT2D eigenvalue weighted by molar-refractivity contribution is 5.95.